The molecule has 0 aromatic heterocycles. The fraction of sp³-hybridized carbons (Fsp3) is 0.259. The highest BCUT2D eigenvalue weighted by molar-refractivity contribution is 7.99. The van der Waals surface area contributed by atoms with Gasteiger partial charge in [0.1, 0.15) is 10.6 Å². The zero-order valence-corrected chi connectivity index (χ0v) is 21.1. The molecule has 0 N–H and O–H groups in total. The number of aryl methyl sites for hydroxylation is 1. The fourth-order valence-electron chi connectivity index (χ4n) is 3.23. The van der Waals surface area contributed by atoms with Gasteiger partial charge in [0.2, 0.25) is 5.78 Å². The number of nitrogens with zero attached hydrogens (tertiary/aromatic N) is 1. The summed E-state index contributed by atoms with van der Waals surface area (Å²) in [5.41, 5.74) is 1.49. The van der Waals surface area contributed by atoms with E-state index in [9.17, 15) is 13.2 Å². The van der Waals surface area contributed by atoms with Gasteiger partial charge < -0.3 is 0 Å². The summed E-state index contributed by atoms with van der Waals surface area (Å²) in [6.07, 6.45) is 4.10. The minimum Gasteiger partial charge on any atom is -0.287 e. The fourth-order valence-corrected chi connectivity index (χ4v) is 4.81. The van der Waals surface area contributed by atoms with E-state index >= 15 is 0 Å². The second-order valence-corrected chi connectivity index (χ2v) is 10.6. The summed E-state index contributed by atoms with van der Waals surface area (Å²) in [5, 5.41) is 3.83. The summed E-state index contributed by atoms with van der Waals surface area (Å²) in [4.78, 5) is 15.3. The predicted molar refractivity (Wildman–Crippen MR) is 137 cm³/mol. The maximum atomic E-state index is 13.2. The van der Waals surface area contributed by atoms with Crippen LogP contribution in [0.3, 0.4) is 0 Å². The number of Topliss-reactive ketones (excluding diaryl/α,β-unsaturated/α-hetero) is 1. The largest absolute Gasteiger partial charge is 0.358 e. The Balaban J connectivity index is 1.77. The van der Waals surface area contributed by atoms with Crippen LogP contribution in [0.15, 0.2) is 98.7 Å². The Bertz CT molecular complexity index is 1200. The van der Waals surface area contributed by atoms with Crippen LogP contribution in [-0.2, 0) is 14.4 Å². The molecule has 0 saturated carbocycles. The molecule has 0 aliphatic carbocycles. The van der Waals surface area contributed by atoms with Crippen molar-refractivity contribution >= 4 is 33.4 Å². The van der Waals surface area contributed by atoms with E-state index in [4.69, 9.17) is 4.28 Å². The smallest absolute Gasteiger partial charge is 0.287 e. The van der Waals surface area contributed by atoms with Crippen molar-refractivity contribution < 1.29 is 17.5 Å². The van der Waals surface area contributed by atoms with E-state index in [1.165, 1.54) is 12.1 Å². The molecule has 0 aliphatic rings. The normalized spacial score (nSPS) is 11.9. The lowest BCUT2D eigenvalue weighted by Gasteiger charge is -2.08. The molecule has 0 atom stereocenters. The van der Waals surface area contributed by atoms with Crippen molar-refractivity contribution in [3.8, 4) is 0 Å². The first kappa shape index (κ1) is 25.7. The number of ketones is 1. The second kappa shape index (κ2) is 12.5. The maximum absolute atomic E-state index is 13.2. The van der Waals surface area contributed by atoms with Crippen molar-refractivity contribution in [2.45, 2.75) is 60.6 Å². The Labute approximate surface area is 206 Å². The minimum absolute atomic E-state index is 0.00178. The number of hydrogen-bond acceptors (Lipinski definition) is 6. The van der Waals surface area contributed by atoms with Gasteiger partial charge in [0.25, 0.3) is 0 Å². The topological polar surface area (TPSA) is 72.8 Å². The van der Waals surface area contributed by atoms with Gasteiger partial charge in [0.05, 0.1) is 0 Å². The minimum atomic E-state index is -4.11. The SMILES string of the molecule is CCCCCCC(=NOS(=O)(=O)c1ccc(C)cc1)C(=O)c1ccc(Sc2ccccc2)cc1. The van der Waals surface area contributed by atoms with E-state index in [0.29, 0.717) is 12.0 Å². The Morgan fingerprint density at radius 1 is 0.853 bits per heavy atom. The van der Waals surface area contributed by atoms with Crippen LogP contribution in [-0.4, -0.2) is 19.9 Å². The van der Waals surface area contributed by atoms with Gasteiger partial charge in [-0.05, 0) is 68.3 Å². The van der Waals surface area contributed by atoms with Crippen molar-refractivity contribution in [1.29, 1.82) is 0 Å². The molecule has 5 nitrogen and oxygen atoms in total. The third-order valence-electron chi connectivity index (χ3n) is 5.18. The van der Waals surface area contributed by atoms with Crippen LogP contribution in [0.4, 0.5) is 0 Å². The Kier molecular flexibility index (Phi) is 9.48. The van der Waals surface area contributed by atoms with Gasteiger partial charge in [-0.15, -0.1) is 0 Å². The lowest BCUT2D eigenvalue weighted by Crippen LogP contribution is -2.16. The van der Waals surface area contributed by atoms with E-state index in [-0.39, 0.29) is 16.4 Å². The lowest BCUT2D eigenvalue weighted by molar-refractivity contribution is 0.106. The van der Waals surface area contributed by atoms with Crippen LogP contribution in [0.25, 0.3) is 0 Å². The van der Waals surface area contributed by atoms with Crippen molar-refractivity contribution in [2.75, 3.05) is 0 Å². The number of benzene rings is 3. The molecular weight excluding hydrogens is 466 g/mol. The Morgan fingerprint density at radius 3 is 2.15 bits per heavy atom. The molecule has 0 spiro atoms. The molecule has 0 unspecified atom stereocenters. The van der Waals surface area contributed by atoms with Gasteiger partial charge in [0, 0.05) is 15.4 Å². The van der Waals surface area contributed by atoms with Crippen molar-refractivity contribution in [3.63, 3.8) is 0 Å². The highest BCUT2D eigenvalue weighted by Crippen LogP contribution is 2.27. The standard InChI is InChI=1S/C27H29NO4S2/c1-3-4-5-9-12-26(28-32-34(30,31)25-19-13-21(2)14-20-25)27(29)22-15-17-24(18-16-22)33-23-10-7-6-8-11-23/h6-8,10-11,13-20H,3-5,9,12H2,1-2H3. The van der Waals surface area contributed by atoms with Crippen LogP contribution in [0.5, 0.6) is 0 Å². The molecular formula is C27H29NO4S2. The molecule has 0 bridgehead atoms. The molecule has 0 amide bonds. The number of carbonyl (C=O) groups excluding carboxylic acids is 1. The molecule has 0 fully saturated rings. The summed E-state index contributed by atoms with van der Waals surface area (Å²) in [5.74, 6) is -0.327. The molecule has 3 aromatic rings. The van der Waals surface area contributed by atoms with E-state index in [1.807, 2.05) is 49.4 Å². The van der Waals surface area contributed by atoms with Gasteiger partial charge in [-0.2, -0.15) is 8.42 Å². The zero-order valence-electron chi connectivity index (χ0n) is 19.4. The highest BCUT2D eigenvalue weighted by atomic mass is 32.2. The number of rotatable bonds is 12. The molecule has 0 saturated heterocycles. The summed E-state index contributed by atoms with van der Waals surface area (Å²) in [7, 11) is -4.11. The first-order valence-electron chi connectivity index (χ1n) is 11.3. The number of hydrogen-bond donors (Lipinski definition) is 0. The summed E-state index contributed by atoms with van der Waals surface area (Å²) in [6.45, 7) is 3.97. The molecule has 3 aromatic carbocycles. The summed E-state index contributed by atoms with van der Waals surface area (Å²) in [6, 6.07) is 23.5. The third kappa shape index (κ3) is 7.57. The molecule has 7 heteroatoms. The molecule has 0 aliphatic heterocycles. The monoisotopic (exact) mass is 495 g/mol. The van der Waals surface area contributed by atoms with Gasteiger partial charge in [-0.1, -0.05) is 79.0 Å². The molecule has 178 valence electrons. The summed E-state index contributed by atoms with van der Waals surface area (Å²) < 4.78 is 30.1. The Morgan fingerprint density at radius 2 is 1.50 bits per heavy atom. The van der Waals surface area contributed by atoms with Crippen molar-refractivity contribution in [2.24, 2.45) is 5.16 Å². The van der Waals surface area contributed by atoms with Crippen LogP contribution >= 0.6 is 11.8 Å². The number of carbonyl (C=O) groups is 1. The number of unbranched alkanes of at least 4 members (excludes halogenated alkanes) is 3. The van der Waals surface area contributed by atoms with Gasteiger partial charge in [0.15, 0.2) is 0 Å². The predicted octanol–water partition coefficient (Wildman–Crippen LogP) is 7.06. The molecule has 34 heavy (non-hydrogen) atoms. The maximum Gasteiger partial charge on any atom is 0.358 e. The molecule has 0 radical (unpaired) electrons. The van der Waals surface area contributed by atoms with Gasteiger partial charge in [-0.3, -0.25) is 9.08 Å². The van der Waals surface area contributed by atoms with Crippen LogP contribution in [0.1, 0.15) is 54.9 Å². The van der Waals surface area contributed by atoms with E-state index in [0.717, 1.165) is 41.0 Å². The average molecular weight is 496 g/mol. The van der Waals surface area contributed by atoms with Crippen molar-refractivity contribution in [3.05, 3.63) is 90.0 Å². The van der Waals surface area contributed by atoms with Gasteiger partial charge >= 0.3 is 10.1 Å². The highest BCUT2D eigenvalue weighted by Gasteiger charge is 2.20. The summed E-state index contributed by atoms with van der Waals surface area (Å²) >= 11 is 1.60. The van der Waals surface area contributed by atoms with E-state index in [1.54, 1.807) is 36.0 Å². The van der Waals surface area contributed by atoms with Crippen molar-refractivity contribution in [1.82, 2.24) is 0 Å². The number of oxime groups is 1. The molecule has 0 heterocycles. The molecule has 3 rings (SSSR count). The Hall–Kier alpha value is -2.90. The van der Waals surface area contributed by atoms with Gasteiger partial charge in [-0.25, -0.2) is 0 Å². The zero-order chi connectivity index (χ0) is 24.4. The average Bonchev–Trinajstić information content (AvgIpc) is 2.84. The third-order valence-corrected chi connectivity index (χ3v) is 7.32. The van der Waals surface area contributed by atoms with Crippen LogP contribution in [0, 0.1) is 6.92 Å². The van der Waals surface area contributed by atoms with E-state index in [2.05, 4.69) is 12.1 Å². The van der Waals surface area contributed by atoms with Crippen LogP contribution < -0.4 is 0 Å². The first-order chi connectivity index (χ1) is 16.4. The first-order valence-corrected chi connectivity index (χ1v) is 13.6. The second-order valence-electron chi connectivity index (χ2n) is 7.96. The quantitative estimate of drug-likeness (QED) is 0.116. The van der Waals surface area contributed by atoms with Crippen LogP contribution in [0.2, 0.25) is 0 Å². The lowest BCUT2D eigenvalue weighted by atomic mass is 10.0. The van der Waals surface area contributed by atoms with E-state index < -0.39 is 10.1 Å².